The first kappa shape index (κ1) is 17.4. The van der Waals surface area contributed by atoms with Gasteiger partial charge < -0.3 is 10.6 Å². The average molecular weight is 315 g/mol. The van der Waals surface area contributed by atoms with Crippen molar-refractivity contribution in [3.8, 4) is 0 Å². The number of nitrogens with one attached hydrogen (secondary N) is 2. The van der Waals surface area contributed by atoms with E-state index in [1.54, 1.807) is 20.0 Å². The van der Waals surface area contributed by atoms with Crippen molar-refractivity contribution < 1.29 is 12.8 Å². The number of hydrogen-bond acceptors (Lipinski definition) is 3. The largest absolute Gasteiger partial charge is 0.356 e. The molecule has 0 heterocycles. The Bertz CT molecular complexity index is 573. The maximum Gasteiger partial charge on any atom is 0.191 e. The number of rotatable bonds is 7. The summed E-state index contributed by atoms with van der Waals surface area (Å²) in [4.78, 5) is 4.01. The van der Waals surface area contributed by atoms with E-state index >= 15 is 0 Å². The fraction of sp³-hybridized carbons (Fsp3) is 0.500. The number of aliphatic imine (C=N–C) groups is 1. The van der Waals surface area contributed by atoms with Gasteiger partial charge >= 0.3 is 0 Å². The highest BCUT2D eigenvalue weighted by atomic mass is 32.2. The summed E-state index contributed by atoms with van der Waals surface area (Å²) < 4.78 is 35.7. The minimum Gasteiger partial charge on any atom is -0.356 e. The van der Waals surface area contributed by atoms with Gasteiger partial charge in [-0.3, -0.25) is 4.99 Å². The molecular formula is C14H22FN3O2S. The summed E-state index contributed by atoms with van der Waals surface area (Å²) in [6.07, 6.45) is 0.658. The van der Waals surface area contributed by atoms with Crippen molar-refractivity contribution in [3.05, 3.63) is 35.6 Å². The Balaban J connectivity index is 2.32. The Morgan fingerprint density at radius 2 is 2.00 bits per heavy atom. The van der Waals surface area contributed by atoms with Crippen LogP contribution in [0.5, 0.6) is 0 Å². The zero-order valence-electron chi connectivity index (χ0n) is 12.4. The van der Waals surface area contributed by atoms with Gasteiger partial charge in [-0.25, -0.2) is 12.8 Å². The van der Waals surface area contributed by atoms with E-state index < -0.39 is 9.84 Å². The van der Waals surface area contributed by atoms with Crippen LogP contribution < -0.4 is 10.6 Å². The van der Waals surface area contributed by atoms with Crippen LogP contribution in [-0.4, -0.2) is 46.0 Å². The van der Waals surface area contributed by atoms with Gasteiger partial charge in [-0.2, -0.15) is 0 Å². The first-order valence-corrected chi connectivity index (χ1v) is 8.68. The SMILES string of the molecule is CCS(=O)(=O)CCNC(=NC)NCCc1cccc(F)c1. The van der Waals surface area contributed by atoms with Gasteiger partial charge in [-0.05, 0) is 24.1 Å². The lowest BCUT2D eigenvalue weighted by molar-refractivity contribution is 0.595. The summed E-state index contributed by atoms with van der Waals surface area (Å²) in [5.74, 6) is 0.506. The average Bonchev–Trinajstić information content (AvgIpc) is 2.45. The summed E-state index contributed by atoms with van der Waals surface area (Å²) in [5.41, 5.74) is 0.895. The summed E-state index contributed by atoms with van der Waals surface area (Å²) in [6.45, 7) is 2.53. The first-order chi connectivity index (χ1) is 9.96. The highest BCUT2D eigenvalue weighted by Gasteiger charge is 2.07. The lowest BCUT2D eigenvalue weighted by atomic mass is 10.1. The Morgan fingerprint density at radius 3 is 2.62 bits per heavy atom. The predicted octanol–water partition coefficient (Wildman–Crippen LogP) is 0.968. The molecule has 0 aliphatic heterocycles. The molecule has 0 fully saturated rings. The molecule has 5 nitrogen and oxygen atoms in total. The molecule has 1 aromatic carbocycles. The molecule has 0 aliphatic rings. The van der Waals surface area contributed by atoms with Gasteiger partial charge in [0.15, 0.2) is 15.8 Å². The maximum absolute atomic E-state index is 13.0. The number of halogens is 1. The number of benzene rings is 1. The van der Waals surface area contributed by atoms with Crippen LogP contribution in [0.15, 0.2) is 29.3 Å². The zero-order valence-corrected chi connectivity index (χ0v) is 13.2. The Hall–Kier alpha value is -1.63. The van der Waals surface area contributed by atoms with Crippen LogP contribution in [0.2, 0.25) is 0 Å². The monoisotopic (exact) mass is 315 g/mol. The van der Waals surface area contributed by atoms with Gasteiger partial charge in [0.25, 0.3) is 0 Å². The van der Waals surface area contributed by atoms with E-state index in [0.717, 1.165) is 5.56 Å². The lowest BCUT2D eigenvalue weighted by Crippen LogP contribution is -2.40. The van der Waals surface area contributed by atoms with Crippen molar-refractivity contribution in [3.63, 3.8) is 0 Å². The van der Waals surface area contributed by atoms with Crippen LogP contribution in [0.1, 0.15) is 12.5 Å². The molecular weight excluding hydrogens is 293 g/mol. The molecule has 1 aromatic rings. The van der Waals surface area contributed by atoms with Gasteiger partial charge in [-0.15, -0.1) is 0 Å². The van der Waals surface area contributed by atoms with E-state index in [-0.39, 0.29) is 17.3 Å². The molecule has 7 heteroatoms. The molecule has 118 valence electrons. The first-order valence-electron chi connectivity index (χ1n) is 6.86. The molecule has 0 atom stereocenters. The summed E-state index contributed by atoms with van der Waals surface area (Å²) >= 11 is 0. The second kappa shape index (κ2) is 8.61. The van der Waals surface area contributed by atoms with E-state index in [2.05, 4.69) is 15.6 Å². The molecule has 0 saturated carbocycles. The standard InChI is InChI=1S/C14H22FN3O2S/c1-3-21(19,20)10-9-18-14(16-2)17-8-7-12-5-4-6-13(15)11-12/h4-6,11H,3,7-10H2,1-2H3,(H2,16,17,18). The van der Waals surface area contributed by atoms with Crippen molar-refractivity contribution in [2.24, 2.45) is 4.99 Å². The second-order valence-corrected chi connectivity index (χ2v) is 7.01. The molecule has 0 spiro atoms. The van der Waals surface area contributed by atoms with Crippen molar-refractivity contribution in [2.75, 3.05) is 31.6 Å². The fourth-order valence-corrected chi connectivity index (χ4v) is 2.41. The van der Waals surface area contributed by atoms with Crippen LogP contribution in [0.25, 0.3) is 0 Å². The highest BCUT2D eigenvalue weighted by molar-refractivity contribution is 7.91. The van der Waals surface area contributed by atoms with Crippen molar-refractivity contribution in [1.29, 1.82) is 0 Å². The third-order valence-corrected chi connectivity index (χ3v) is 4.67. The van der Waals surface area contributed by atoms with Gasteiger partial charge in [0.2, 0.25) is 0 Å². The zero-order chi connectivity index (χ0) is 15.7. The van der Waals surface area contributed by atoms with Crippen molar-refractivity contribution >= 4 is 15.8 Å². The number of sulfone groups is 1. The fourth-order valence-electron chi connectivity index (χ4n) is 1.71. The molecule has 0 amide bonds. The minimum atomic E-state index is -2.98. The molecule has 0 saturated heterocycles. The quantitative estimate of drug-likeness (QED) is 0.581. The molecule has 0 bridgehead atoms. The van der Waals surface area contributed by atoms with E-state index in [9.17, 15) is 12.8 Å². The predicted molar refractivity (Wildman–Crippen MR) is 83.8 cm³/mol. The third-order valence-electron chi connectivity index (χ3n) is 2.96. The minimum absolute atomic E-state index is 0.0775. The normalized spacial score (nSPS) is 12.2. The van der Waals surface area contributed by atoms with Crippen LogP contribution >= 0.6 is 0 Å². The molecule has 0 radical (unpaired) electrons. The molecule has 2 N–H and O–H groups in total. The van der Waals surface area contributed by atoms with Gasteiger partial charge in [0, 0.05) is 25.9 Å². The van der Waals surface area contributed by atoms with E-state index in [0.29, 0.717) is 25.5 Å². The Labute approximate surface area is 125 Å². The van der Waals surface area contributed by atoms with E-state index in [1.165, 1.54) is 12.1 Å². The third kappa shape index (κ3) is 7.08. The summed E-state index contributed by atoms with van der Waals surface area (Å²) in [5, 5.41) is 6.01. The van der Waals surface area contributed by atoms with Crippen LogP contribution in [0, 0.1) is 5.82 Å². The van der Waals surface area contributed by atoms with Crippen LogP contribution in [-0.2, 0) is 16.3 Å². The van der Waals surface area contributed by atoms with Crippen LogP contribution in [0.3, 0.4) is 0 Å². The van der Waals surface area contributed by atoms with Crippen molar-refractivity contribution in [1.82, 2.24) is 10.6 Å². The number of hydrogen-bond donors (Lipinski definition) is 2. The van der Waals surface area contributed by atoms with E-state index in [1.807, 2.05) is 6.07 Å². The molecule has 0 aromatic heterocycles. The highest BCUT2D eigenvalue weighted by Crippen LogP contribution is 2.03. The molecule has 21 heavy (non-hydrogen) atoms. The molecule has 1 rings (SSSR count). The number of nitrogens with zero attached hydrogens (tertiary/aromatic N) is 1. The lowest BCUT2D eigenvalue weighted by Gasteiger charge is -2.11. The second-order valence-electron chi connectivity index (χ2n) is 4.54. The van der Waals surface area contributed by atoms with Gasteiger partial charge in [-0.1, -0.05) is 19.1 Å². The summed E-state index contributed by atoms with van der Waals surface area (Å²) in [7, 11) is -1.36. The van der Waals surface area contributed by atoms with Crippen LogP contribution in [0.4, 0.5) is 4.39 Å². The Kier molecular flexibility index (Phi) is 7.14. The molecule has 0 unspecified atom stereocenters. The summed E-state index contributed by atoms with van der Waals surface area (Å²) in [6, 6.07) is 6.43. The molecule has 0 aliphatic carbocycles. The topological polar surface area (TPSA) is 70.6 Å². The smallest absolute Gasteiger partial charge is 0.191 e. The van der Waals surface area contributed by atoms with E-state index in [4.69, 9.17) is 0 Å². The number of guanidine groups is 1. The maximum atomic E-state index is 13.0. The Morgan fingerprint density at radius 1 is 1.29 bits per heavy atom. The van der Waals surface area contributed by atoms with Gasteiger partial charge in [0.05, 0.1) is 5.75 Å². The van der Waals surface area contributed by atoms with Gasteiger partial charge in [0.1, 0.15) is 5.82 Å². The van der Waals surface area contributed by atoms with Crippen molar-refractivity contribution in [2.45, 2.75) is 13.3 Å².